The number of carbonyl (C=O) groups is 1. The van der Waals surface area contributed by atoms with Crippen LogP contribution in [0.2, 0.25) is 0 Å². The highest BCUT2D eigenvalue weighted by molar-refractivity contribution is 5.90. The number of aromatic carboxylic acids is 1. The lowest BCUT2D eigenvalue weighted by atomic mass is 10.2. The zero-order valence-electron chi connectivity index (χ0n) is 10.0. The number of carboxylic acid groups (broad SMARTS) is 1. The number of nitrogen functional groups attached to an aromatic ring is 1. The first-order valence-electron chi connectivity index (χ1n) is 5.59. The normalized spacial score (nSPS) is 10.6. The fourth-order valence-electron chi connectivity index (χ4n) is 1.89. The number of imidazole rings is 1. The molecule has 0 aliphatic rings. The van der Waals surface area contributed by atoms with E-state index in [0.717, 1.165) is 10.2 Å². The van der Waals surface area contributed by atoms with E-state index in [1.165, 1.54) is 0 Å². The maximum atomic E-state index is 11.0. The summed E-state index contributed by atoms with van der Waals surface area (Å²) in [5.41, 5.74) is 6.63. The molecule has 0 spiro atoms. The monoisotopic (exact) mass is 268 g/mol. The number of carboxylic acids is 1. The molecule has 4 N–H and O–H groups in total. The molecule has 0 saturated carbocycles. The van der Waals surface area contributed by atoms with Crippen molar-refractivity contribution in [3.05, 3.63) is 35.5 Å². The summed E-state index contributed by atoms with van der Waals surface area (Å²) in [4.78, 5) is 18.3. The number of nitriles is 1. The van der Waals surface area contributed by atoms with Crippen molar-refractivity contribution < 1.29 is 9.90 Å². The molecular weight excluding hydrogens is 260 g/mol. The zero-order valence-corrected chi connectivity index (χ0v) is 10.0. The third kappa shape index (κ3) is 1.58. The Morgan fingerprint density at radius 2 is 2.20 bits per heavy atom. The summed E-state index contributed by atoms with van der Waals surface area (Å²) < 4.78 is 1.11. The summed E-state index contributed by atoms with van der Waals surface area (Å²) in [6.07, 6.45) is 0. The number of aromatic amines is 1. The smallest absolute Gasteiger partial charge is 0.357 e. The highest BCUT2D eigenvalue weighted by atomic mass is 16.4. The van der Waals surface area contributed by atoms with E-state index in [9.17, 15) is 4.79 Å². The van der Waals surface area contributed by atoms with Crippen molar-refractivity contribution in [1.82, 2.24) is 19.7 Å². The molecular formula is C12H8N6O2. The van der Waals surface area contributed by atoms with Gasteiger partial charge < -0.3 is 15.8 Å². The lowest BCUT2D eigenvalue weighted by Crippen LogP contribution is -2.05. The van der Waals surface area contributed by atoms with Gasteiger partial charge in [-0.2, -0.15) is 15.0 Å². The number of benzene rings is 1. The van der Waals surface area contributed by atoms with E-state index >= 15 is 0 Å². The van der Waals surface area contributed by atoms with Gasteiger partial charge in [0.2, 0.25) is 5.95 Å². The number of para-hydroxylation sites is 2. The first kappa shape index (κ1) is 11.7. The minimum atomic E-state index is -1.32. The van der Waals surface area contributed by atoms with Crippen molar-refractivity contribution in [3.8, 4) is 12.0 Å². The summed E-state index contributed by atoms with van der Waals surface area (Å²) in [7, 11) is 0. The van der Waals surface area contributed by atoms with Crippen molar-refractivity contribution in [2.24, 2.45) is 0 Å². The van der Waals surface area contributed by atoms with Gasteiger partial charge in [0.05, 0.1) is 11.0 Å². The third-order valence-corrected chi connectivity index (χ3v) is 2.81. The molecule has 0 aliphatic heterocycles. The molecule has 2 heterocycles. The Morgan fingerprint density at radius 3 is 2.80 bits per heavy atom. The molecule has 3 rings (SSSR count). The van der Waals surface area contributed by atoms with Crippen molar-refractivity contribution in [2.75, 3.05) is 5.73 Å². The molecule has 8 nitrogen and oxygen atoms in total. The first-order valence-corrected chi connectivity index (χ1v) is 5.59. The molecule has 0 bridgehead atoms. The highest BCUT2D eigenvalue weighted by Gasteiger charge is 2.22. The fraction of sp³-hybridized carbons (Fsp3) is 0. The van der Waals surface area contributed by atoms with Crippen LogP contribution in [0.25, 0.3) is 17.0 Å². The Balaban J connectivity index is 2.24. The van der Waals surface area contributed by atoms with Crippen LogP contribution in [0, 0.1) is 11.3 Å². The Hall–Kier alpha value is -3.34. The Morgan fingerprint density at radius 1 is 1.45 bits per heavy atom. The molecule has 8 heteroatoms. The SMILES string of the molecule is N#Cc1c(C(=O)O)nn(-c2nc3ccccc3[nH]2)c1N. The largest absolute Gasteiger partial charge is 0.476 e. The van der Waals surface area contributed by atoms with E-state index in [1.54, 1.807) is 12.1 Å². The lowest BCUT2D eigenvalue weighted by Gasteiger charge is -1.97. The maximum Gasteiger partial charge on any atom is 0.357 e. The maximum absolute atomic E-state index is 11.0. The number of nitrogens with zero attached hydrogens (tertiary/aromatic N) is 4. The molecule has 2 aromatic heterocycles. The van der Waals surface area contributed by atoms with Crippen LogP contribution in [0.5, 0.6) is 0 Å². The average Bonchev–Trinajstić information content (AvgIpc) is 2.98. The van der Waals surface area contributed by atoms with Crippen LogP contribution in [0.4, 0.5) is 5.82 Å². The number of hydrogen-bond donors (Lipinski definition) is 3. The second-order valence-electron chi connectivity index (χ2n) is 4.02. The Labute approximate surface area is 112 Å². The minimum Gasteiger partial charge on any atom is -0.476 e. The Kier molecular flexibility index (Phi) is 2.40. The lowest BCUT2D eigenvalue weighted by molar-refractivity contribution is 0.0689. The van der Waals surface area contributed by atoms with Crippen molar-refractivity contribution in [1.29, 1.82) is 5.26 Å². The van der Waals surface area contributed by atoms with Crippen LogP contribution in [0.15, 0.2) is 24.3 Å². The topological polar surface area (TPSA) is 134 Å². The molecule has 0 atom stereocenters. The standard InChI is InChI=1S/C12H8N6O2/c13-5-6-9(11(19)20)17-18(10(6)14)12-15-7-3-1-2-4-8(7)16-12/h1-4H,14H2,(H,15,16)(H,19,20). The van der Waals surface area contributed by atoms with Crippen LogP contribution < -0.4 is 5.73 Å². The molecule has 0 saturated heterocycles. The third-order valence-electron chi connectivity index (χ3n) is 2.81. The second kappa shape index (κ2) is 4.10. The number of anilines is 1. The van der Waals surface area contributed by atoms with Crippen molar-refractivity contribution >= 4 is 22.8 Å². The quantitative estimate of drug-likeness (QED) is 0.632. The number of fused-ring (bicyclic) bond motifs is 1. The van der Waals surface area contributed by atoms with Gasteiger partial charge in [-0.15, -0.1) is 0 Å². The van der Waals surface area contributed by atoms with Gasteiger partial charge in [0.1, 0.15) is 17.5 Å². The fourth-order valence-corrected chi connectivity index (χ4v) is 1.89. The number of hydrogen-bond acceptors (Lipinski definition) is 5. The average molecular weight is 268 g/mol. The van der Waals surface area contributed by atoms with Crippen LogP contribution in [-0.4, -0.2) is 30.8 Å². The summed E-state index contributed by atoms with van der Waals surface area (Å²) in [6.45, 7) is 0. The number of aromatic nitrogens is 4. The number of nitrogens with two attached hydrogens (primary N) is 1. The molecule has 0 fully saturated rings. The molecule has 1 aromatic carbocycles. The molecule has 20 heavy (non-hydrogen) atoms. The summed E-state index contributed by atoms with van der Waals surface area (Å²) >= 11 is 0. The molecule has 3 aromatic rings. The summed E-state index contributed by atoms with van der Waals surface area (Å²) in [5, 5.41) is 21.8. The van der Waals surface area contributed by atoms with Gasteiger partial charge in [-0.25, -0.2) is 9.78 Å². The van der Waals surface area contributed by atoms with Gasteiger partial charge in [0.25, 0.3) is 0 Å². The van der Waals surface area contributed by atoms with Crippen LogP contribution in [-0.2, 0) is 0 Å². The van der Waals surface area contributed by atoms with Gasteiger partial charge in [0, 0.05) is 0 Å². The van der Waals surface area contributed by atoms with Gasteiger partial charge in [-0.3, -0.25) is 0 Å². The summed E-state index contributed by atoms with van der Waals surface area (Å²) in [5.74, 6) is -1.13. The van der Waals surface area contributed by atoms with Crippen LogP contribution >= 0.6 is 0 Å². The van der Waals surface area contributed by atoms with Gasteiger partial charge in [-0.05, 0) is 12.1 Å². The van der Waals surface area contributed by atoms with E-state index in [-0.39, 0.29) is 17.3 Å². The molecule has 98 valence electrons. The van der Waals surface area contributed by atoms with Gasteiger partial charge >= 0.3 is 5.97 Å². The van der Waals surface area contributed by atoms with Gasteiger partial charge in [0.15, 0.2) is 5.69 Å². The highest BCUT2D eigenvalue weighted by Crippen LogP contribution is 2.20. The number of nitrogens with one attached hydrogen (secondary N) is 1. The van der Waals surface area contributed by atoms with Crippen LogP contribution in [0.1, 0.15) is 16.1 Å². The minimum absolute atomic E-state index is 0.0658. The van der Waals surface area contributed by atoms with Crippen molar-refractivity contribution in [3.63, 3.8) is 0 Å². The van der Waals surface area contributed by atoms with Crippen LogP contribution in [0.3, 0.4) is 0 Å². The Bertz CT molecular complexity index is 837. The van der Waals surface area contributed by atoms with E-state index in [2.05, 4.69) is 15.1 Å². The predicted octanol–water partition coefficient (Wildman–Crippen LogP) is 0.901. The molecule has 0 aliphatic carbocycles. The number of rotatable bonds is 2. The molecule has 0 amide bonds. The second-order valence-corrected chi connectivity index (χ2v) is 4.02. The predicted molar refractivity (Wildman–Crippen MR) is 69.3 cm³/mol. The molecule has 0 radical (unpaired) electrons. The van der Waals surface area contributed by atoms with E-state index in [4.69, 9.17) is 16.1 Å². The first-order chi connectivity index (χ1) is 9.61. The van der Waals surface area contributed by atoms with E-state index in [0.29, 0.717) is 5.52 Å². The van der Waals surface area contributed by atoms with Gasteiger partial charge in [-0.1, -0.05) is 12.1 Å². The zero-order chi connectivity index (χ0) is 14.3. The summed E-state index contributed by atoms with van der Waals surface area (Å²) in [6, 6.07) is 9.00. The van der Waals surface area contributed by atoms with E-state index < -0.39 is 11.7 Å². The van der Waals surface area contributed by atoms with E-state index in [1.807, 2.05) is 18.2 Å². The number of H-pyrrole nitrogens is 1. The molecule has 0 unspecified atom stereocenters. The van der Waals surface area contributed by atoms with Crippen molar-refractivity contribution in [2.45, 2.75) is 0 Å².